The van der Waals surface area contributed by atoms with Crippen LogP contribution in [-0.4, -0.2) is 122 Å². The number of benzene rings is 4. The number of methoxy groups -OCH3 is 4. The molecule has 4 aromatic carbocycles. The number of aliphatic imine (C=N–C) groups is 1. The van der Waals surface area contributed by atoms with Crippen molar-refractivity contribution in [3.63, 3.8) is 0 Å². The van der Waals surface area contributed by atoms with Crippen molar-refractivity contribution in [2.75, 3.05) is 54.7 Å². The first kappa shape index (κ1) is 42.4. The highest BCUT2D eigenvalue weighted by molar-refractivity contribution is 6.01. The van der Waals surface area contributed by atoms with E-state index in [0.29, 0.717) is 45.6 Å². The van der Waals surface area contributed by atoms with Gasteiger partial charge in [-0.15, -0.1) is 0 Å². The molecule has 4 heterocycles. The molecule has 0 saturated carbocycles. The number of nitrogens with one attached hydrogen (secondary N) is 3. The van der Waals surface area contributed by atoms with Gasteiger partial charge in [0.1, 0.15) is 17.9 Å². The van der Waals surface area contributed by atoms with Crippen LogP contribution in [0.2, 0.25) is 0 Å². The minimum Gasteiger partial charge on any atom is -0.453 e. The summed E-state index contributed by atoms with van der Waals surface area (Å²) in [7, 11) is 5.70. The van der Waals surface area contributed by atoms with Crippen molar-refractivity contribution in [2.24, 2.45) is 4.99 Å². The molecule has 62 heavy (non-hydrogen) atoms. The van der Waals surface area contributed by atoms with E-state index in [1.807, 2.05) is 11.0 Å². The Bertz CT molecular complexity index is 2520. The topological polar surface area (TPSA) is 177 Å². The van der Waals surface area contributed by atoms with Gasteiger partial charge in [0, 0.05) is 65.5 Å². The Morgan fingerprint density at radius 1 is 0.694 bits per heavy atom. The summed E-state index contributed by atoms with van der Waals surface area (Å²) in [5.74, 6) is 0.391. The van der Waals surface area contributed by atoms with Crippen LogP contribution in [0.25, 0.3) is 44.1 Å². The van der Waals surface area contributed by atoms with Gasteiger partial charge in [-0.3, -0.25) is 14.6 Å². The van der Waals surface area contributed by atoms with Crippen molar-refractivity contribution in [3.05, 3.63) is 84.2 Å². The van der Waals surface area contributed by atoms with Crippen molar-refractivity contribution in [1.29, 1.82) is 0 Å². The van der Waals surface area contributed by atoms with Crippen LogP contribution in [-0.2, 0) is 35.0 Å². The van der Waals surface area contributed by atoms with E-state index in [2.05, 4.69) is 82.3 Å². The maximum absolute atomic E-state index is 13.7. The first-order chi connectivity index (χ1) is 30.2. The first-order valence-corrected chi connectivity index (χ1v) is 21.2. The number of fused-ring (bicyclic) bond motifs is 3. The van der Waals surface area contributed by atoms with E-state index in [1.165, 1.54) is 14.2 Å². The highest BCUT2D eigenvalue weighted by Crippen LogP contribution is 2.37. The second kappa shape index (κ2) is 18.7. The zero-order valence-corrected chi connectivity index (χ0v) is 35.6. The Balaban J connectivity index is 0.954. The molecule has 0 bridgehead atoms. The molecule has 1 aromatic heterocycles. The van der Waals surface area contributed by atoms with Gasteiger partial charge in [-0.1, -0.05) is 36.4 Å². The molecule has 2 fully saturated rings. The van der Waals surface area contributed by atoms with E-state index in [-0.39, 0.29) is 23.9 Å². The van der Waals surface area contributed by atoms with Gasteiger partial charge < -0.3 is 44.4 Å². The smallest absolute Gasteiger partial charge is 0.407 e. The number of ether oxygens (including phenoxy) is 4. The standard InChI is InChI=1S/C47H53N7O8/c1-59-21-17-37(51-46(57)61-3)44(55)53-19-5-7-41(53)40-27-34-25-32(13-15-35(34)48-40)30-10-9-29-24-31(12-11-28(29)23-30)33-14-16-36-39(26-33)50-43(49-36)42-8-6-20-54(42)45(56)38(18-22-60-2)52-47(58)62-4/h9-16,23-26,37-38,41-42H,5-8,17-22,27H2,1-4H3,(H,49,50)(H,51,57)(H,52,58)/t37-,38-,41-,42-/m0/s1. The zero-order chi connectivity index (χ0) is 43.3. The van der Waals surface area contributed by atoms with Gasteiger partial charge in [0.05, 0.1) is 43.0 Å². The fraction of sp³-hybridized carbons (Fsp3) is 0.404. The van der Waals surface area contributed by atoms with Gasteiger partial charge in [0.15, 0.2) is 0 Å². The van der Waals surface area contributed by atoms with E-state index in [9.17, 15) is 19.2 Å². The lowest BCUT2D eigenvalue weighted by atomic mass is 9.95. The number of likely N-dealkylation sites (tertiary alicyclic amines) is 2. The quantitative estimate of drug-likeness (QED) is 0.108. The summed E-state index contributed by atoms with van der Waals surface area (Å²) in [6, 6.07) is 23.7. The van der Waals surface area contributed by atoms with Crippen molar-refractivity contribution < 1.29 is 38.1 Å². The van der Waals surface area contributed by atoms with Crippen LogP contribution in [0.15, 0.2) is 77.8 Å². The summed E-state index contributed by atoms with van der Waals surface area (Å²) in [4.78, 5) is 68.5. The van der Waals surface area contributed by atoms with E-state index < -0.39 is 24.3 Å². The average Bonchev–Trinajstić information content (AvgIpc) is 4.13. The largest absolute Gasteiger partial charge is 0.453 e. The molecule has 3 aliphatic heterocycles. The molecule has 0 radical (unpaired) electrons. The minimum atomic E-state index is -0.765. The third-order valence-corrected chi connectivity index (χ3v) is 12.3. The molecule has 4 amide bonds. The third-order valence-electron chi connectivity index (χ3n) is 12.3. The Kier molecular flexibility index (Phi) is 12.8. The molecule has 3 N–H and O–H groups in total. The number of imidazole rings is 1. The molecule has 324 valence electrons. The van der Waals surface area contributed by atoms with Crippen molar-refractivity contribution in [2.45, 2.75) is 69.1 Å². The molecular weight excluding hydrogens is 791 g/mol. The van der Waals surface area contributed by atoms with Crippen LogP contribution in [0.4, 0.5) is 15.3 Å². The molecule has 0 aliphatic carbocycles. The number of hydrogen-bond donors (Lipinski definition) is 3. The number of aromatic nitrogens is 2. The molecule has 0 unspecified atom stereocenters. The lowest BCUT2D eigenvalue weighted by Crippen LogP contribution is -2.52. The molecule has 0 spiro atoms. The number of carbonyl (C=O) groups excluding carboxylic acids is 4. The molecule has 15 nitrogen and oxygen atoms in total. The number of rotatable bonds is 14. The van der Waals surface area contributed by atoms with Crippen molar-refractivity contribution in [1.82, 2.24) is 30.4 Å². The van der Waals surface area contributed by atoms with E-state index in [4.69, 9.17) is 28.9 Å². The number of H-pyrrole nitrogens is 1. The lowest BCUT2D eigenvalue weighted by molar-refractivity contribution is -0.135. The predicted octanol–water partition coefficient (Wildman–Crippen LogP) is 6.86. The Morgan fingerprint density at radius 3 is 1.82 bits per heavy atom. The summed E-state index contributed by atoms with van der Waals surface area (Å²) in [5.41, 5.74) is 9.03. The third kappa shape index (κ3) is 8.86. The Hall–Kier alpha value is -6.32. The number of nitrogens with zero attached hydrogens (tertiary/aromatic N) is 4. The van der Waals surface area contributed by atoms with Gasteiger partial charge in [-0.05, 0) is 101 Å². The maximum atomic E-state index is 13.7. The van der Waals surface area contributed by atoms with E-state index in [0.717, 1.165) is 92.5 Å². The molecule has 15 heteroatoms. The summed E-state index contributed by atoms with van der Waals surface area (Å²) in [6.45, 7) is 1.82. The normalized spacial score (nSPS) is 18.1. The van der Waals surface area contributed by atoms with Gasteiger partial charge in [-0.25, -0.2) is 14.6 Å². The Labute approximate surface area is 360 Å². The van der Waals surface area contributed by atoms with Gasteiger partial charge in [0.25, 0.3) is 0 Å². The molecule has 2 saturated heterocycles. The van der Waals surface area contributed by atoms with E-state index >= 15 is 0 Å². The summed E-state index contributed by atoms with van der Waals surface area (Å²) in [6.07, 6.45) is 3.31. The monoisotopic (exact) mass is 843 g/mol. The lowest BCUT2D eigenvalue weighted by Gasteiger charge is -2.29. The van der Waals surface area contributed by atoms with E-state index in [1.54, 1.807) is 19.1 Å². The molecule has 8 rings (SSSR count). The van der Waals surface area contributed by atoms with Crippen molar-refractivity contribution in [3.8, 4) is 22.3 Å². The highest BCUT2D eigenvalue weighted by atomic mass is 16.5. The number of amides is 4. The second-order valence-electron chi connectivity index (χ2n) is 16.1. The van der Waals surface area contributed by atoms with Gasteiger partial charge in [0.2, 0.25) is 11.8 Å². The summed E-state index contributed by atoms with van der Waals surface area (Å²) < 4.78 is 20.0. The van der Waals surface area contributed by atoms with Crippen LogP contribution >= 0.6 is 0 Å². The molecule has 3 aliphatic rings. The minimum absolute atomic E-state index is 0.135. The number of alkyl carbamates (subject to hydrolysis) is 2. The van der Waals surface area contributed by atoms with Crippen LogP contribution in [0.5, 0.6) is 0 Å². The fourth-order valence-corrected chi connectivity index (χ4v) is 9.05. The average molecular weight is 844 g/mol. The maximum Gasteiger partial charge on any atom is 0.407 e. The van der Waals surface area contributed by atoms with Crippen LogP contribution in [0.3, 0.4) is 0 Å². The summed E-state index contributed by atoms with van der Waals surface area (Å²) >= 11 is 0. The number of hydrogen-bond acceptors (Lipinski definition) is 10. The predicted molar refractivity (Wildman–Crippen MR) is 235 cm³/mol. The highest BCUT2D eigenvalue weighted by Gasteiger charge is 2.39. The SMILES string of the molecule is COCC[C@H](NC(=O)OC)C(=O)N1CCC[C@H]1C1=Nc2ccc(-c3ccc4cc(-c5ccc6nc([C@@H]7CCCN7C(=O)[C@H](CCOC)NC(=O)OC)[nH]c6c5)ccc4c3)cc2C1. The van der Waals surface area contributed by atoms with Crippen LogP contribution in [0.1, 0.15) is 56.0 Å². The fourth-order valence-electron chi connectivity index (χ4n) is 9.05. The molecule has 5 aromatic rings. The van der Waals surface area contributed by atoms with Crippen molar-refractivity contribution >= 4 is 57.2 Å². The number of aromatic amines is 1. The second-order valence-corrected chi connectivity index (χ2v) is 16.1. The van der Waals surface area contributed by atoms with Gasteiger partial charge in [-0.2, -0.15) is 0 Å². The van der Waals surface area contributed by atoms with Gasteiger partial charge >= 0.3 is 12.2 Å². The Morgan fingerprint density at radius 2 is 1.23 bits per heavy atom. The van der Waals surface area contributed by atoms with Crippen LogP contribution < -0.4 is 10.6 Å². The molecular formula is C47H53N7O8. The van der Waals surface area contributed by atoms with Crippen LogP contribution in [0, 0.1) is 0 Å². The zero-order valence-electron chi connectivity index (χ0n) is 35.6. The first-order valence-electron chi connectivity index (χ1n) is 21.2. The molecule has 4 atom stereocenters. The number of carbonyl (C=O) groups is 4. The summed E-state index contributed by atoms with van der Waals surface area (Å²) in [5, 5.41) is 7.59.